The van der Waals surface area contributed by atoms with Crippen LogP contribution >= 0.6 is 0 Å². The Morgan fingerprint density at radius 1 is 0.818 bits per heavy atom. The van der Waals surface area contributed by atoms with Gasteiger partial charge in [0.05, 0.1) is 11.1 Å². The highest BCUT2D eigenvalue weighted by atomic mass is 16.4. The van der Waals surface area contributed by atoms with Crippen LogP contribution in [0.25, 0.3) is 11.1 Å². The molecule has 8 heteroatoms. The summed E-state index contributed by atoms with van der Waals surface area (Å²) in [6.07, 6.45) is 1.42. The van der Waals surface area contributed by atoms with Crippen molar-refractivity contribution in [3.8, 4) is 0 Å². The quantitative estimate of drug-likeness (QED) is 0.522. The highest BCUT2D eigenvalue weighted by Gasteiger charge is 2.16. The summed E-state index contributed by atoms with van der Waals surface area (Å²) in [5.74, 6) is -4.75. The van der Waals surface area contributed by atoms with Gasteiger partial charge in [0, 0.05) is 12.2 Å². The molecule has 0 saturated heterocycles. The fraction of sp³-hybridized carbons (Fsp3) is 0. The fourth-order valence-electron chi connectivity index (χ4n) is 1.68. The third-order valence-corrected chi connectivity index (χ3v) is 2.52. The Morgan fingerprint density at radius 3 is 1.45 bits per heavy atom. The molecule has 0 fully saturated rings. The van der Waals surface area contributed by atoms with E-state index in [9.17, 15) is 19.2 Å². The Hall–Kier alpha value is -3.42. The summed E-state index contributed by atoms with van der Waals surface area (Å²) < 4.78 is 0. The lowest BCUT2D eigenvalue weighted by Gasteiger charge is -2.06. The van der Waals surface area contributed by atoms with Crippen molar-refractivity contribution in [2.24, 2.45) is 11.5 Å². The zero-order valence-electron chi connectivity index (χ0n) is 11.1. The van der Waals surface area contributed by atoms with Gasteiger partial charge < -0.3 is 21.7 Å². The average Bonchev–Trinajstić information content (AvgIpc) is 2.41. The molecule has 8 nitrogen and oxygen atoms in total. The molecular weight excluding hydrogens is 292 g/mol. The number of hydrogen-bond donors (Lipinski definition) is 4. The highest BCUT2D eigenvalue weighted by molar-refractivity contribution is 6.22. The number of aliphatic carboxylic acids is 2. The van der Waals surface area contributed by atoms with Gasteiger partial charge in [0.15, 0.2) is 0 Å². The van der Waals surface area contributed by atoms with Crippen molar-refractivity contribution in [2.75, 3.05) is 0 Å². The van der Waals surface area contributed by atoms with Crippen molar-refractivity contribution < 1.29 is 29.4 Å². The van der Waals surface area contributed by atoms with Crippen molar-refractivity contribution >= 4 is 34.9 Å². The van der Waals surface area contributed by atoms with Crippen LogP contribution < -0.4 is 11.5 Å². The minimum absolute atomic E-state index is 0.0559. The molecule has 0 heterocycles. The van der Waals surface area contributed by atoms with Crippen LogP contribution in [-0.2, 0) is 19.2 Å². The number of rotatable bonds is 6. The molecule has 2 amide bonds. The number of carboxylic acid groups (broad SMARTS) is 2. The number of nitrogens with two attached hydrogens (primary N) is 2. The maximum atomic E-state index is 11.1. The normalized spacial score (nSPS) is 11.8. The Labute approximate surface area is 124 Å². The Balaban J connectivity index is 3.46. The maximum Gasteiger partial charge on any atom is 0.336 e. The Morgan fingerprint density at radius 2 is 1.18 bits per heavy atom. The molecule has 0 radical (unpaired) electrons. The van der Waals surface area contributed by atoms with Crippen LogP contribution in [0.4, 0.5) is 0 Å². The van der Waals surface area contributed by atoms with Crippen LogP contribution in [0.15, 0.2) is 36.4 Å². The van der Waals surface area contributed by atoms with E-state index in [1.807, 2.05) is 0 Å². The van der Waals surface area contributed by atoms with Gasteiger partial charge in [-0.2, -0.15) is 0 Å². The topological polar surface area (TPSA) is 161 Å². The molecule has 0 unspecified atom stereocenters. The van der Waals surface area contributed by atoms with E-state index in [1.165, 1.54) is 24.3 Å². The summed E-state index contributed by atoms with van der Waals surface area (Å²) in [4.78, 5) is 44.0. The summed E-state index contributed by atoms with van der Waals surface area (Å²) in [5, 5.41) is 18.2. The minimum Gasteiger partial charge on any atom is -0.478 e. The average molecular weight is 304 g/mol. The van der Waals surface area contributed by atoms with Gasteiger partial charge in [-0.25, -0.2) is 9.59 Å². The van der Waals surface area contributed by atoms with E-state index in [0.717, 1.165) is 0 Å². The molecule has 0 saturated carbocycles. The molecule has 0 aromatic heterocycles. The summed E-state index contributed by atoms with van der Waals surface area (Å²) in [6, 6.07) is 5.29. The standard InChI is InChI=1S/C14H12N2O6/c15-11(17)5-9(13(19)20)7-2-1-3-8(4-7)10(14(21)22)6-12(16)18/h1-6H,(H2,15,17)(H2,16,18)(H,19,20)(H,21,22)/b9-5-,10-6-. The van der Waals surface area contributed by atoms with Crippen LogP contribution in [0.2, 0.25) is 0 Å². The van der Waals surface area contributed by atoms with E-state index in [-0.39, 0.29) is 11.1 Å². The van der Waals surface area contributed by atoms with Crippen LogP contribution in [-0.4, -0.2) is 34.0 Å². The zero-order valence-corrected chi connectivity index (χ0v) is 11.1. The van der Waals surface area contributed by atoms with Crippen molar-refractivity contribution in [1.82, 2.24) is 0 Å². The van der Waals surface area contributed by atoms with Crippen molar-refractivity contribution in [2.45, 2.75) is 0 Å². The first kappa shape index (κ1) is 16.6. The lowest BCUT2D eigenvalue weighted by Crippen LogP contribution is -2.12. The van der Waals surface area contributed by atoms with Crippen LogP contribution in [0.1, 0.15) is 11.1 Å². The second-order valence-electron chi connectivity index (χ2n) is 4.11. The van der Waals surface area contributed by atoms with E-state index < -0.39 is 34.9 Å². The maximum absolute atomic E-state index is 11.1. The molecule has 6 N–H and O–H groups in total. The van der Waals surface area contributed by atoms with Gasteiger partial charge >= 0.3 is 11.9 Å². The van der Waals surface area contributed by atoms with E-state index >= 15 is 0 Å². The van der Waals surface area contributed by atoms with E-state index in [4.69, 9.17) is 21.7 Å². The smallest absolute Gasteiger partial charge is 0.336 e. The summed E-state index contributed by atoms with van der Waals surface area (Å²) in [5.41, 5.74) is 9.17. The van der Waals surface area contributed by atoms with E-state index in [0.29, 0.717) is 12.2 Å². The van der Waals surface area contributed by atoms with Gasteiger partial charge in [0.2, 0.25) is 11.8 Å². The first-order valence-electron chi connectivity index (χ1n) is 5.82. The van der Waals surface area contributed by atoms with Crippen LogP contribution in [0.3, 0.4) is 0 Å². The zero-order chi connectivity index (χ0) is 16.9. The molecule has 0 aliphatic heterocycles. The molecule has 1 aromatic carbocycles. The molecule has 114 valence electrons. The van der Waals surface area contributed by atoms with Gasteiger partial charge in [-0.3, -0.25) is 9.59 Å². The fourth-order valence-corrected chi connectivity index (χ4v) is 1.68. The molecule has 0 bridgehead atoms. The first-order chi connectivity index (χ1) is 10.2. The predicted octanol–water partition coefficient (Wildman–Crippen LogP) is -0.407. The lowest BCUT2D eigenvalue weighted by atomic mass is 9.98. The summed E-state index contributed by atoms with van der Waals surface area (Å²) in [7, 11) is 0. The molecule has 0 atom stereocenters. The SMILES string of the molecule is NC(=O)/C=C(\C(=O)O)c1cccc(/C(=C/C(N)=O)C(=O)O)c1. The number of primary amides is 2. The van der Waals surface area contributed by atoms with Gasteiger partial charge in [0.25, 0.3) is 0 Å². The monoisotopic (exact) mass is 304 g/mol. The molecule has 0 aliphatic carbocycles. The predicted molar refractivity (Wildman–Crippen MR) is 76.1 cm³/mol. The third kappa shape index (κ3) is 4.30. The first-order valence-corrected chi connectivity index (χ1v) is 5.82. The minimum atomic E-state index is -1.41. The lowest BCUT2D eigenvalue weighted by molar-refractivity contribution is -0.131. The number of carboxylic acids is 2. The Kier molecular flexibility index (Phi) is 5.17. The van der Waals surface area contributed by atoms with Gasteiger partial charge in [-0.1, -0.05) is 18.2 Å². The highest BCUT2D eigenvalue weighted by Crippen LogP contribution is 2.21. The second-order valence-corrected chi connectivity index (χ2v) is 4.11. The van der Waals surface area contributed by atoms with Gasteiger partial charge in [-0.05, 0) is 17.2 Å². The molecule has 1 aromatic rings. The Bertz CT molecular complexity index is 661. The summed E-state index contributed by atoms with van der Waals surface area (Å²) >= 11 is 0. The second kappa shape index (κ2) is 6.84. The number of amides is 2. The van der Waals surface area contributed by atoms with Crippen molar-refractivity contribution in [3.63, 3.8) is 0 Å². The van der Waals surface area contributed by atoms with E-state index in [1.54, 1.807) is 0 Å². The number of benzene rings is 1. The van der Waals surface area contributed by atoms with Gasteiger partial charge in [-0.15, -0.1) is 0 Å². The molecule has 0 aliphatic rings. The van der Waals surface area contributed by atoms with Crippen molar-refractivity contribution in [1.29, 1.82) is 0 Å². The van der Waals surface area contributed by atoms with Crippen LogP contribution in [0.5, 0.6) is 0 Å². The molecule has 22 heavy (non-hydrogen) atoms. The molecule has 0 spiro atoms. The number of carbonyl (C=O) groups is 4. The van der Waals surface area contributed by atoms with Gasteiger partial charge in [0.1, 0.15) is 0 Å². The number of carbonyl (C=O) groups excluding carboxylic acids is 2. The molecular formula is C14H12N2O6. The number of hydrogen-bond acceptors (Lipinski definition) is 4. The van der Waals surface area contributed by atoms with Crippen molar-refractivity contribution in [3.05, 3.63) is 47.5 Å². The summed E-state index contributed by atoms with van der Waals surface area (Å²) in [6.45, 7) is 0. The molecule has 1 rings (SSSR count). The largest absolute Gasteiger partial charge is 0.478 e. The van der Waals surface area contributed by atoms with Crippen LogP contribution in [0, 0.1) is 0 Å². The third-order valence-electron chi connectivity index (χ3n) is 2.52. The van der Waals surface area contributed by atoms with E-state index in [2.05, 4.69) is 0 Å².